The number of aromatic nitrogens is 1. The number of benzene rings is 2. The number of hydrogen-bond acceptors (Lipinski definition) is 8. The molecule has 1 N–H and O–H groups in total. The Labute approximate surface area is 245 Å². The van der Waals surface area contributed by atoms with Gasteiger partial charge in [-0.05, 0) is 62.3 Å². The van der Waals surface area contributed by atoms with E-state index in [4.69, 9.17) is 14.5 Å². The Kier molecular flexibility index (Phi) is 7.98. The van der Waals surface area contributed by atoms with Crippen LogP contribution < -0.4 is 9.64 Å². The van der Waals surface area contributed by atoms with E-state index < -0.39 is 5.97 Å². The molecule has 0 spiro atoms. The number of carbonyl (C=O) groups is 1. The number of piperidine rings is 1. The van der Waals surface area contributed by atoms with E-state index in [0.717, 1.165) is 91.0 Å². The first kappa shape index (κ1) is 27.7. The summed E-state index contributed by atoms with van der Waals surface area (Å²) < 4.78 is 12.0. The lowest BCUT2D eigenvalue weighted by Crippen LogP contribution is -2.44. The number of thiazole rings is 1. The van der Waals surface area contributed by atoms with Gasteiger partial charge in [-0.1, -0.05) is 23.8 Å². The average Bonchev–Trinajstić information content (AvgIpc) is 3.55. The minimum Gasteiger partial charge on any atom is -0.488 e. The topological polar surface area (TPSA) is 98.9 Å². The van der Waals surface area contributed by atoms with Crippen molar-refractivity contribution in [2.45, 2.75) is 45.9 Å². The van der Waals surface area contributed by atoms with E-state index in [0.29, 0.717) is 5.56 Å². The molecule has 4 atom stereocenters. The number of hydrogen-bond donors (Lipinski definition) is 1. The first-order valence-corrected chi connectivity index (χ1v) is 15.3. The molecule has 41 heavy (non-hydrogen) atoms. The fraction of sp³-hybridized carbons (Fsp3) is 0.469. The third-order valence-corrected chi connectivity index (χ3v) is 9.60. The van der Waals surface area contributed by atoms with Crippen LogP contribution in [0.3, 0.4) is 0 Å². The van der Waals surface area contributed by atoms with Gasteiger partial charge < -0.3 is 19.5 Å². The number of fused-ring (bicyclic) bond motifs is 2. The molecule has 6 rings (SSSR count). The van der Waals surface area contributed by atoms with E-state index in [1.807, 2.05) is 24.3 Å². The van der Waals surface area contributed by atoms with Crippen molar-refractivity contribution in [1.29, 1.82) is 5.26 Å². The average molecular weight is 573 g/mol. The van der Waals surface area contributed by atoms with Crippen molar-refractivity contribution in [3.63, 3.8) is 0 Å². The van der Waals surface area contributed by atoms with Gasteiger partial charge in [-0.3, -0.25) is 9.69 Å². The van der Waals surface area contributed by atoms with Gasteiger partial charge in [0, 0.05) is 49.2 Å². The zero-order chi connectivity index (χ0) is 28.5. The Morgan fingerprint density at radius 3 is 2.73 bits per heavy atom. The molecule has 2 aromatic carbocycles. The summed E-state index contributed by atoms with van der Waals surface area (Å²) in [6.07, 6.45) is 2.18. The summed E-state index contributed by atoms with van der Waals surface area (Å²) >= 11 is 1.60. The number of nitriles is 1. The van der Waals surface area contributed by atoms with E-state index in [1.54, 1.807) is 11.3 Å². The first-order valence-electron chi connectivity index (χ1n) is 14.4. The standard InChI is InChI=1S/C32H36N4O4S/c1-20-3-8-29(40-18-25-5-4-22(12-26(25)13-33)15-35-9-10-39-21(2)14-35)27(11-20)28-19-41-32(34-28)36-16-23-6-7-24(17-36)30(23)31(37)38/h3-5,8,11-12,19,21,23-24,30H,6-7,9-10,14-18H2,1-2H3,(H,37,38)/t21-,23-,24+,30+/m1/s1. The highest BCUT2D eigenvalue weighted by molar-refractivity contribution is 7.14. The molecule has 1 aromatic heterocycles. The number of aliphatic carboxylic acids is 1. The Morgan fingerprint density at radius 2 is 2.00 bits per heavy atom. The molecule has 0 unspecified atom stereocenters. The van der Waals surface area contributed by atoms with Gasteiger partial charge in [0.25, 0.3) is 0 Å². The largest absolute Gasteiger partial charge is 0.488 e. The first-order chi connectivity index (χ1) is 19.9. The molecule has 214 valence electrons. The normalized spacial score (nSPS) is 24.3. The second kappa shape index (κ2) is 11.8. The molecule has 3 heterocycles. The fourth-order valence-electron chi connectivity index (χ4n) is 6.68. The zero-order valence-electron chi connectivity index (χ0n) is 23.6. The van der Waals surface area contributed by atoms with E-state index in [9.17, 15) is 15.2 Å². The third-order valence-electron chi connectivity index (χ3n) is 8.70. The van der Waals surface area contributed by atoms with Crippen LogP contribution in [0.4, 0.5) is 5.13 Å². The lowest BCUT2D eigenvalue weighted by Gasteiger charge is -2.35. The second-order valence-corrected chi connectivity index (χ2v) is 12.5. The summed E-state index contributed by atoms with van der Waals surface area (Å²) in [7, 11) is 0. The highest BCUT2D eigenvalue weighted by atomic mass is 32.1. The maximum absolute atomic E-state index is 11.8. The van der Waals surface area contributed by atoms with Gasteiger partial charge in [-0.25, -0.2) is 4.98 Å². The molecule has 3 aliphatic rings. The van der Waals surface area contributed by atoms with Crippen molar-refractivity contribution in [1.82, 2.24) is 9.88 Å². The predicted octanol–water partition coefficient (Wildman–Crippen LogP) is 5.34. The van der Waals surface area contributed by atoms with Gasteiger partial charge in [-0.15, -0.1) is 11.3 Å². The molecule has 2 bridgehead atoms. The molecular weight excluding hydrogens is 536 g/mol. The molecule has 3 aromatic rings. The Bertz CT molecular complexity index is 1450. The quantitative estimate of drug-likeness (QED) is 0.386. The maximum atomic E-state index is 11.8. The lowest BCUT2D eigenvalue weighted by molar-refractivity contribution is -0.144. The highest BCUT2D eigenvalue weighted by Crippen LogP contribution is 2.44. The zero-order valence-corrected chi connectivity index (χ0v) is 24.4. The van der Waals surface area contributed by atoms with Gasteiger partial charge >= 0.3 is 5.97 Å². The molecule has 0 amide bonds. The van der Waals surface area contributed by atoms with Gasteiger partial charge in [0.15, 0.2) is 5.13 Å². The number of aryl methyl sites for hydroxylation is 1. The van der Waals surface area contributed by atoms with Crippen LogP contribution in [0.15, 0.2) is 41.8 Å². The number of morpholine rings is 1. The number of nitrogens with zero attached hydrogens (tertiary/aromatic N) is 4. The van der Waals surface area contributed by atoms with Crippen molar-refractivity contribution < 1.29 is 19.4 Å². The summed E-state index contributed by atoms with van der Waals surface area (Å²) in [5.41, 5.74) is 5.49. The van der Waals surface area contributed by atoms with E-state index in [2.05, 4.69) is 47.2 Å². The molecule has 9 heteroatoms. The fourth-order valence-corrected chi connectivity index (χ4v) is 7.53. The molecule has 1 saturated carbocycles. The van der Waals surface area contributed by atoms with Crippen LogP contribution in [0.1, 0.15) is 42.0 Å². The highest BCUT2D eigenvalue weighted by Gasteiger charge is 2.46. The van der Waals surface area contributed by atoms with Crippen LogP contribution in [-0.4, -0.2) is 59.8 Å². The maximum Gasteiger partial charge on any atom is 0.307 e. The van der Waals surface area contributed by atoms with Crippen LogP contribution in [0.2, 0.25) is 0 Å². The van der Waals surface area contributed by atoms with Gasteiger partial charge in [-0.2, -0.15) is 5.26 Å². The van der Waals surface area contributed by atoms with Crippen molar-refractivity contribution >= 4 is 22.4 Å². The van der Waals surface area contributed by atoms with Crippen LogP contribution in [0.5, 0.6) is 5.75 Å². The van der Waals surface area contributed by atoms with Gasteiger partial charge in [0.05, 0.1) is 36.0 Å². The molecule has 2 aliphatic heterocycles. The number of carboxylic acid groups (broad SMARTS) is 1. The van der Waals surface area contributed by atoms with E-state index in [-0.39, 0.29) is 30.5 Å². The molecule has 3 fully saturated rings. The number of carboxylic acids is 1. The van der Waals surface area contributed by atoms with Crippen LogP contribution in [-0.2, 0) is 22.7 Å². The minimum atomic E-state index is -0.653. The third kappa shape index (κ3) is 5.96. The molecule has 1 aliphatic carbocycles. The van der Waals surface area contributed by atoms with Gasteiger partial charge in [0.1, 0.15) is 12.4 Å². The molecule has 8 nitrogen and oxygen atoms in total. The van der Waals surface area contributed by atoms with Crippen molar-refractivity contribution in [2.75, 3.05) is 37.7 Å². The van der Waals surface area contributed by atoms with Crippen LogP contribution in [0, 0.1) is 36.0 Å². The van der Waals surface area contributed by atoms with E-state index >= 15 is 0 Å². The Morgan fingerprint density at radius 1 is 1.20 bits per heavy atom. The smallest absolute Gasteiger partial charge is 0.307 e. The van der Waals surface area contributed by atoms with E-state index in [1.165, 1.54) is 0 Å². The molecule has 2 saturated heterocycles. The predicted molar refractivity (Wildman–Crippen MR) is 158 cm³/mol. The van der Waals surface area contributed by atoms with Crippen LogP contribution in [0.25, 0.3) is 11.3 Å². The second-order valence-electron chi connectivity index (χ2n) is 11.7. The van der Waals surface area contributed by atoms with Gasteiger partial charge in [0.2, 0.25) is 0 Å². The Balaban J connectivity index is 1.16. The number of anilines is 1. The summed E-state index contributed by atoms with van der Waals surface area (Å²) in [6.45, 7) is 9.25. The monoisotopic (exact) mass is 572 g/mol. The molecule has 0 radical (unpaired) electrons. The SMILES string of the molecule is Cc1ccc(OCc2ccc(CN3CCO[C@H](C)C3)cc2C#N)c(-c2csc(N3C[C@H]4CC[C@@H](C3)[C@H]4C(=O)O)n2)c1. The number of ether oxygens (including phenoxy) is 2. The number of rotatable bonds is 8. The van der Waals surface area contributed by atoms with Crippen LogP contribution >= 0.6 is 11.3 Å². The minimum absolute atomic E-state index is 0.189. The van der Waals surface area contributed by atoms with Crippen molar-refractivity contribution in [2.24, 2.45) is 17.8 Å². The Hall–Kier alpha value is -3.45. The molecular formula is C32H36N4O4S. The summed E-state index contributed by atoms with van der Waals surface area (Å²) in [5.74, 6) is 0.231. The summed E-state index contributed by atoms with van der Waals surface area (Å²) in [5, 5.41) is 22.6. The summed E-state index contributed by atoms with van der Waals surface area (Å²) in [4.78, 5) is 21.4. The summed E-state index contributed by atoms with van der Waals surface area (Å²) in [6, 6.07) is 14.5. The lowest BCUT2D eigenvalue weighted by atomic mass is 9.85. The van der Waals surface area contributed by atoms with Crippen molar-refractivity contribution in [3.8, 4) is 23.1 Å². The van der Waals surface area contributed by atoms with Crippen molar-refractivity contribution in [3.05, 3.63) is 64.0 Å².